The monoisotopic (exact) mass is 341 g/mol. The van der Waals surface area contributed by atoms with Crippen molar-refractivity contribution in [2.24, 2.45) is 7.05 Å². The van der Waals surface area contributed by atoms with Crippen molar-refractivity contribution in [2.45, 2.75) is 18.9 Å². The Kier molecular flexibility index (Phi) is 4.26. The summed E-state index contributed by atoms with van der Waals surface area (Å²) in [6.07, 6.45) is 2.07. The lowest BCUT2D eigenvalue weighted by molar-refractivity contribution is -0.134. The molecule has 8 nitrogen and oxygen atoms in total. The molecule has 3 rings (SSSR count). The fourth-order valence-corrected chi connectivity index (χ4v) is 2.94. The maximum Gasteiger partial charge on any atom is 0.325 e. The minimum Gasteiger partial charge on any atom is -0.319 e. The average Bonchev–Trinajstić information content (AvgIpc) is 3.11. The lowest BCUT2D eigenvalue weighted by Gasteiger charge is -2.25. The smallest absolute Gasteiger partial charge is 0.319 e. The maximum absolute atomic E-state index is 12.9. The van der Waals surface area contributed by atoms with Crippen molar-refractivity contribution in [3.05, 3.63) is 48.2 Å². The first-order valence-electron chi connectivity index (χ1n) is 7.95. The van der Waals surface area contributed by atoms with Crippen LogP contribution >= 0.6 is 0 Å². The minimum atomic E-state index is -1.14. The van der Waals surface area contributed by atoms with Crippen LogP contribution < -0.4 is 10.6 Å². The summed E-state index contributed by atoms with van der Waals surface area (Å²) in [4.78, 5) is 38.3. The number of hydrogen-bond donors (Lipinski definition) is 2. The molecule has 0 radical (unpaired) electrons. The van der Waals surface area contributed by atoms with Gasteiger partial charge in [-0.05, 0) is 12.0 Å². The lowest BCUT2D eigenvalue weighted by atomic mass is 9.87. The van der Waals surface area contributed by atoms with Gasteiger partial charge in [-0.25, -0.2) is 4.79 Å². The fraction of sp³-hybridized carbons (Fsp3) is 0.294. The molecule has 8 heteroatoms. The SMILES string of the molecule is CC[C@]1(c2ccccc2)NC(=O)N(CC(=O)Nc2ccn(C)n2)C1=O. The molecule has 0 aliphatic carbocycles. The lowest BCUT2D eigenvalue weighted by Crippen LogP contribution is -2.44. The van der Waals surface area contributed by atoms with E-state index in [1.807, 2.05) is 25.1 Å². The Morgan fingerprint density at radius 1 is 1.24 bits per heavy atom. The Morgan fingerprint density at radius 2 is 1.96 bits per heavy atom. The average molecular weight is 341 g/mol. The molecule has 130 valence electrons. The van der Waals surface area contributed by atoms with E-state index >= 15 is 0 Å². The minimum absolute atomic E-state index is 0.365. The molecule has 2 aromatic rings. The van der Waals surface area contributed by atoms with Gasteiger partial charge in [-0.15, -0.1) is 0 Å². The summed E-state index contributed by atoms with van der Waals surface area (Å²) in [6.45, 7) is 1.46. The maximum atomic E-state index is 12.9. The van der Waals surface area contributed by atoms with Gasteiger partial charge in [-0.2, -0.15) is 5.10 Å². The van der Waals surface area contributed by atoms with Gasteiger partial charge in [0, 0.05) is 19.3 Å². The molecule has 2 N–H and O–H groups in total. The van der Waals surface area contributed by atoms with E-state index in [4.69, 9.17) is 0 Å². The number of imide groups is 1. The molecule has 1 aliphatic heterocycles. The van der Waals surface area contributed by atoms with Crippen molar-refractivity contribution in [3.63, 3.8) is 0 Å². The van der Waals surface area contributed by atoms with E-state index in [0.717, 1.165) is 4.90 Å². The number of benzene rings is 1. The van der Waals surface area contributed by atoms with E-state index in [2.05, 4.69) is 15.7 Å². The van der Waals surface area contributed by atoms with Crippen molar-refractivity contribution in [3.8, 4) is 0 Å². The number of amides is 4. The zero-order valence-corrected chi connectivity index (χ0v) is 14.0. The first-order valence-corrected chi connectivity index (χ1v) is 7.95. The number of rotatable bonds is 5. The Bertz CT molecular complexity index is 817. The molecule has 0 unspecified atom stereocenters. The number of aromatic nitrogens is 2. The van der Waals surface area contributed by atoms with Gasteiger partial charge in [0.2, 0.25) is 5.91 Å². The van der Waals surface area contributed by atoms with Gasteiger partial charge < -0.3 is 10.6 Å². The Morgan fingerprint density at radius 3 is 2.56 bits per heavy atom. The van der Waals surface area contributed by atoms with Gasteiger partial charge in [0.05, 0.1) is 0 Å². The van der Waals surface area contributed by atoms with Gasteiger partial charge in [-0.1, -0.05) is 37.3 Å². The van der Waals surface area contributed by atoms with E-state index in [9.17, 15) is 14.4 Å². The molecule has 1 aromatic heterocycles. The summed E-state index contributed by atoms with van der Waals surface area (Å²) in [5.74, 6) is -0.547. The number of nitrogens with one attached hydrogen (secondary N) is 2. The van der Waals surface area contributed by atoms with Crippen LogP contribution in [0.4, 0.5) is 10.6 Å². The fourth-order valence-electron chi connectivity index (χ4n) is 2.94. The standard InChI is InChI=1S/C17H19N5O3/c1-3-17(12-7-5-4-6-8-12)15(24)22(16(25)19-17)11-14(23)18-13-9-10-21(2)20-13/h4-10H,3,11H2,1-2H3,(H,19,25)(H,18,20,23)/t17-/m1/s1. The highest BCUT2D eigenvalue weighted by molar-refractivity contribution is 6.10. The molecule has 1 aliphatic rings. The third-order valence-corrected chi connectivity index (χ3v) is 4.26. The predicted molar refractivity (Wildman–Crippen MR) is 90.5 cm³/mol. The van der Waals surface area contributed by atoms with Gasteiger partial charge in [-0.3, -0.25) is 19.2 Å². The summed E-state index contributed by atoms with van der Waals surface area (Å²) < 4.78 is 1.54. The van der Waals surface area contributed by atoms with Crippen LogP contribution in [0.1, 0.15) is 18.9 Å². The number of urea groups is 1. The summed E-state index contributed by atoms with van der Waals surface area (Å²) in [5, 5.41) is 9.35. The third-order valence-electron chi connectivity index (χ3n) is 4.26. The summed E-state index contributed by atoms with van der Waals surface area (Å²) in [5.41, 5.74) is -0.438. The van der Waals surface area contributed by atoms with E-state index in [1.54, 1.807) is 36.1 Å². The molecule has 2 heterocycles. The van der Waals surface area contributed by atoms with Crippen LogP contribution in [0.5, 0.6) is 0 Å². The normalized spacial score (nSPS) is 19.8. The molecule has 1 saturated heterocycles. The molecule has 1 fully saturated rings. The Balaban J connectivity index is 1.78. The quantitative estimate of drug-likeness (QED) is 0.799. The van der Waals surface area contributed by atoms with Crippen molar-refractivity contribution in [1.82, 2.24) is 20.0 Å². The van der Waals surface area contributed by atoms with Crippen LogP contribution in [0.25, 0.3) is 0 Å². The molecule has 1 atom stereocenters. The van der Waals surface area contributed by atoms with Gasteiger partial charge in [0.1, 0.15) is 12.1 Å². The van der Waals surface area contributed by atoms with E-state index in [0.29, 0.717) is 17.8 Å². The van der Waals surface area contributed by atoms with Crippen molar-refractivity contribution < 1.29 is 14.4 Å². The molecule has 4 amide bonds. The van der Waals surface area contributed by atoms with Crippen LogP contribution in [0, 0.1) is 0 Å². The number of hydrogen-bond acceptors (Lipinski definition) is 4. The van der Waals surface area contributed by atoms with Gasteiger partial charge in [0.15, 0.2) is 5.82 Å². The number of anilines is 1. The van der Waals surface area contributed by atoms with E-state index < -0.39 is 23.4 Å². The van der Waals surface area contributed by atoms with Crippen molar-refractivity contribution in [2.75, 3.05) is 11.9 Å². The predicted octanol–water partition coefficient (Wildman–Crippen LogP) is 1.22. The van der Waals surface area contributed by atoms with Crippen LogP contribution in [-0.2, 0) is 22.2 Å². The van der Waals surface area contributed by atoms with Crippen LogP contribution in [0.3, 0.4) is 0 Å². The summed E-state index contributed by atoms with van der Waals surface area (Å²) in [6, 6.07) is 10.1. The van der Waals surface area contributed by atoms with E-state index in [1.165, 1.54) is 0 Å². The molecule has 25 heavy (non-hydrogen) atoms. The van der Waals surface area contributed by atoms with Gasteiger partial charge >= 0.3 is 6.03 Å². The van der Waals surface area contributed by atoms with E-state index in [-0.39, 0.29) is 6.54 Å². The first kappa shape index (κ1) is 16.7. The second kappa shape index (κ2) is 6.39. The number of aryl methyl sites for hydroxylation is 1. The molecular weight excluding hydrogens is 322 g/mol. The van der Waals surface area contributed by atoms with Crippen LogP contribution in [0.15, 0.2) is 42.6 Å². The summed E-state index contributed by atoms with van der Waals surface area (Å²) in [7, 11) is 1.72. The molecule has 0 saturated carbocycles. The zero-order valence-electron chi connectivity index (χ0n) is 14.0. The highest BCUT2D eigenvalue weighted by Crippen LogP contribution is 2.32. The van der Waals surface area contributed by atoms with Crippen molar-refractivity contribution >= 4 is 23.7 Å². The number of carbonyl (C=O) groups is 3. The molecule has 0 spiro atoms. The third kappa shape index (κ3) is 2.98. The molecular formula is C17H19N5O3. The van der Waals surface area contributed by atoms with Crippen LogP contribution in [0.2, 0.25) is 0 Å². The molecule has 0 bridgehead atoms. The Labute approximate surface area is 144 Å². The zero-order chi connectivity index (χ0) is 18.0. The highest BCUT2D eigenvalue weighted by Gasteiger charge is 2.51. The highest BCUT2D eigenvalue weighted by atomic mass is 16.2. The number of nitrogens with zero attached hydrogens (tertiary/aromatic N) is 3. The Hall–Kier alpha value is -3.16. The first-order chi connectivity index (χ1) is 12.0. The second-order valence-corrected chi connectivity index (χ2v) is 5.87. The topological polar surface area (TPSA) is 96.3 Å². The van der Waals surface area contributed by atoms with Gasteiger partial charge in [0.25, 0.3) is 5.91 Å². The second-order valence-electron chi connectivity index (χ2n) is 5.87. The number of carbonyl (C=O) groups excluding carboxylic acids is 3. The van der Waals surface area contributed by atoms with Crippen molar-refractivity contribution in [1.29, 1.82) is 0 Å². The largest absolute Gasteiger partial charge is 0.325 e. The molecule has 1 aromatic carbocycles. The summed E-state index contributed by atoms with van der Waals surface area (Å²) >= 11 is 0. The van der Waals surface area contributed by atoms with Crippen LogP contribution in [-0.4, -0.2) is 39.1 Å².